The van der Waals surface area contributed by atoms with Gasteiger partial charge in [0.1, 0.15) is 13.2 Å². The quantitative estimate of drug-likeness (QED) is 0.380. The topological polar surface area (TPSA) is 26.3 Å². The van der Waals surface area contributed by atoms with Gasteiger partial charge in [-0.05, 0) is 48.8 Å². The molecule has 1 aromatic carbocycles. The van der Waals surface area contributed by atoms with Crippen LogP contribution in [0.4, 0.5) is 0 Å². The summed E-state index contributed by atoms with van der Waals surface area (Å²) in [5.41, 5.74) is 1.98. The van der Waals surface area contributed by atoms with E-state index in [1.165, 1.54) is 37.7 Å². The number of rotatable bonds is 5. The van der Waals surface area contributed by atoms with Crippen LogP contribution in [0.25, 0.3) is 0 Å². The Hall–Kier alpha value is -0.620. The molecular formula is C21H34INO2. The van der Waals surface area contributed by atoms with Gasteiger partial charge in [0, 0.05) is 0 Å². The second-order valence-electron chi connectivity index (χ2n) is 8.76. The van der Waals surface area contributed by atoms with Crippen molar-refractivity contribution in [3.8, 4) is 0 Å². The number of quaternary nitrogens is 1. The minimum atomic E-state index is -0.209. The summed E-state index contributed by atoms with van der Waals surface area (Å²) in [6.45, 7) is 7.89. The van der Waals surface area contributed by atoms with Crippen molar-refractivity contribution in [2.45, 2.75) is 64.3 Å². The molecule has 0 radical (unpaired) electrons. The van der Waals surface area contributed by atoms with Crippen LogP contribution in [0.3, 0.4) is 0 Å². The fourth-order valence-corrected chi connectivity index (χ4v) is 3.53. The number of carbonyl (C=O) groups is 1. The molecule has 3 nitrogen and oxygen atoms in total. The van der Waals surface area contributed by atoms with E-state index in [4.69, 9.17) is 4.74 Å². The zero-order valence-corrected chi connectivity index (χ0v) is 18.6. The number of esters is 1. The van der Waals surface area contributed by atoms with Gasteiger partial charge < -0.3 is 33.2 Å². The molecule has 25 heavy (non-hydrogen) atoms. The van der Waals surface area contributed by atoms with Gasteiger partial charge >= 0.3 is 5.97 Å². The minimum absolute atomic E-state index is 0. The normalized spacial score (nSPS) is 16.2. The molecule has 0 bridgehead atoms. The second kappa shape index (κ2) is 9.36. The Bertz CT molecular complexity index is 540. The third kappa shape index (κ3) is 6.55. The fourth-order valence-electron chi connectivity index (χ4n) is 3.53. The summed E-state index contributed by atoms with van der Waals surface area (Å²) >= 11 is 0. The molecule has 4 heteroatoms. The van der Waals surface area contributed by atoms with Crippen LogP contribution < -0.4 is 24.0 Å². The monoisotopic (exact) mass is 459 g/mol. The molecule has 0 unspecified atom stereocenters. The Morgan fingerprint density at radius 3 is 2.16 bits per heavy atom. The van der Waals surface area contributed by atoms with E-state index in [0.717, 1.165) is 11.0 Å². The van der Waals surface area contributed by atoms with Crippen LogP contribution in [0, 0.1) is 0 Å². The van der Waals surface area contributed by atoms with Gasteiger partial charge in [0.15, 0.2) is 0 Å². The molecular weight excluding hydrogens is 425 g/mol. The van der Waals surface area contributed by atoms with Gasteiger partial charge in [0.05, 0.1) is 25.7 Å². The molecule has 2 rings (SSSR count). The molecule has 0 heterocycles. The van der Waals surface area contributed by atoms with Gasteiger partial charge in [-0.15, -0.1) is 0 Å². The minimum Gasteiger partial charge on any atom is -1.00 e. The molecule has 1 aliphatic rings. The molecule has 0 aliphatic heterocycles. The molecule has 142 valence electrons. The first-order chi connectivity index (χ1) is 11.2. The van der Waals surface area contributed by atoms with Crippen molar-refractivity contribution >= 4 is 5.97 Å². The summed E-state index contributed by atoms with van der Waals surface area (Å²) < 4.78 is 6.48. The number of nitrogens with zero attached hydrogens (tertiary/aromatic N) is 1. The third-order valence-electron chi connectivity index (χ3n) is 5.45. The van der Waals surface area contributed by atoms with Gasteiger partial charge in [-0.25, -0.2) is 4.79 Å². The van der Waals surface area contributed by atoms with Crippen LogP contribution in [-0.4, -0.2) is 43.7 Å². The third-order valence-corrected chi connectivity index (χ3v) is 5.45. The zero-order valence-electron chi connectivity index (χ0n) is 16.5. The first kappa shape index (κ1) is 22.4. The average molecular weight is 459 g/mol. The van der Waals surface area contributed by atoms with Crippen LogP contribution in [0.15, 0.2) is 24.3 Å². The highest BCUT2D eigenvalue weighted by Gasteiger charge is 2.29. The summed E-state index contributed by atoms with van der Waals surface area (Å²) in [5, 5.41) is 0. The van der Waals surface area contributed by atoms with Crippen LogP contribution in [0.1, 0.15) is 68.8 Å². The predicted molar refractivity (Wildman–Crippen MR) is 99.3 cm³/mol. The second-order valence-corrected chi connectivity index (χ2v) is 8.76. The van der Waals surface area contributed by atoms with Crippen LogP contribution in [0.5, 0.6) is 0 Å². The number of hydrogen-bond donors (Lipinski definition) is 0. The van der Waals surface area contributed by atoms with E-state index < -0.39 is 0 Å². The van der Waals surface area contributed by atoms with E-state index in [1.54, 1.807) is 0 Å². The van der Waals surface area contributed by atoms with Crippen molar-refractivity contribution in [3.05, 3.63) is 35.4 Å². The Morgan fingerprint density at radius 2 is 1.64 bits per heavy atom. The summed E-state index contributed by atoms with van der Waals surface area (Å²) in [5.74, 6) is -0.209. The first-order valence-corrected chi connectivity index (χ1v) is 9.30. The predicted octanol–water partition coefficient (Wildman–Crippen LogP) is 1.55. The Balaban J connectivity index is 0.00000312. The number of ether oxygens (including phenoxy) is 1. The van der Waals surface area contributed by atoms with Gasteiger partial charge in [-0.1, -0.05) is 39.3 Å². The standard InChI is InChI=1S/C21H34NO2.HI/c1-21(2,3)18-13-11-17(12-14-18)20(23)24-16-15-22(4,5)19-9-7-6-8-10-19;/h11-14,19H,6-10,15-16H2,1-5H3;1H/q+1;/p-1. The molecule has 0 atom stereocenters. The smallest absolute Gasteiger partial charge is 0.338 e. The maximum atomic E-state index is 12.2. The molecule has 1 fully saturated rings. The lowest BCUT2D eigenvalue weighted by molar-refractivity contribution is -0.916. The highest BCUT2D eigenvalue weighted by molar-refractivity contribution is 5.89. The highest BCUT2D eigenvalue weighted by Crippen LogP contribution is 2.25. The Labute approximate surface area is 170 Å². The highest BCUT2D eigenvalue weighted by atomic mass is 127. The van der Waals surface area contributed by atoms with Crippen molar-refractivity contribution in [1.82, 2.24) is 0 Å². The number of benzene rings is 1. The van der Waals surface area contributed by atoms with E-state index in [0.29, 0.717) is 18.2 Å². The lowest BCUT2D eigenvalue weighted by atomic mass is 9.87. The maximum absolute atomic E-state index is 12.2. The Morgan fingerprint density at radius 1 is 1.08 bits per heavy atom. The largest absolute Gasteiger partial charge is 1.00 e. The molecule has 1 saturated carbocycles. The summed E-state index contributed by atoms with van der Waals surface area (Å²) in [6, 6.07) is 8.52. The molecule has 1 aliphatic carbocycles. The molecule has 1 aromatic rings. The van der Waals surface area contributed by atoms with Crippen molar-refractivity contribution in [2.24, 2.45) is 0 Å². The molecule has 0 N–H and O–H groups in total. The Kier molecular flexibility index (Phi) is 8.39. The SMILES string of the molecule is CC(C)(C)c1ccc(C(=O)OCC[N+](C)(C)C2CCCCC2)cc1.[I-]. The van der Waals surface area contributed by atoms with Crippen LogP contribution in [-0.2, 0) is 10.2 Å². The van der Waals surface area contributed by atoms with E-state index >= 15 is 0 Å². The maximum Gasteiger partial charge on any atom is 0.338 e. The van der Waals surface area contributed by atoms with Crippen molar-refractivity contribution < 1.29 is 38.0 Å². The summed E-state index contributed by atoms with van der Waals surface area (Å²) in [6.07, 6.45) is 6.65. The van der Waals surface area contributed by atoms with Crippen LogP contribution >= 0.6 is 0 Å². The summed E-state index contributed by atoms with van der Waals surface area (Å²) in [7, 11) is 4.53. The number of hydrogen-bond acceptors (Lipinski definition) is 2. The van der Waals surface area contributed by atoms with Gasteiger partial charge in [0.25, 0.3) is 0 Å². The lowest BCUT2D eigenvalue weighted by Gasteiger charge is -2.40. The molecule has 0 amide bonds. The van der Waals surface area contributed by atoms with Gasteiger partial charge in [0.2, 0.25) is 0 Å². The lowest BCUT2D eigenvalue weighted by Crippen LogP contribution is -3.00. The van der Waals surface area contributed by atoms with E-state index in [-0.39, 0.29) is 35.4 Å². The van der Waals surface area contributed by atoms with E-state index in [1.807, 2.05) is 24.3 Å². The van der Waals surface area contributed by atoms with Crippen LogP contribution in [0.2, 0.25) is 0 Å². The van der Waals surface area contributed by atoms with Crippen molar-refractivity contribution in [3.63, 3.8) is 0 Å². The number of carbonyl (C=O) groups excluding carboxylic acids is 1. The number of halogens is 1. The van der Waals surface area contributed by atoms with Crippen molar-refractivity contribution in [2.75, 3.05) is 27.2 Å². The van der Waals surface area contributed by atoms with Gasteiger partial charge in [-0.2, -0.15) is 0 Å². The van der Waals surface area contributed by atoms with E-state index in [2.05, 4.69) is 34.9 Å². The molecule has 0 saturated heterocycles. The van der Waals surface area contributed by atoms with E-state index in [9.17, 15) is 4.79 Å². The average Bonchev–Trinajstić information content (AvgIpc) is 2.55. The zero-order chi connectivity index (χ0) is 17.8. The fraction of sp³-hybridized carbons (Fsp3) is 0.667. The number of likely N-dealkylation sites (N-methyl/N-ethyl adjacent to an activating group) is 1. The first-order valence-electron chi connectivity index (χ1n) is 9.30. The molecule has 0 aromatic heterocycles. The summed E-state index contributed by atoms with van der Waals surface area (Å²) in [4.78, 5) is 12.2. The van der Waals surface area contributed by atoms with Crippen molar-refractivity contribution in [1.29, 1.82) is 0 Å². The van der Waals surface area contributed by atoms with Gasteiger partial charge in [-0.3, -0.25) is 0 Å². The molecule has 0 spiro atoms.